The van der Waals surface area contributed by atoms with Gasteiger partial charge in [0.1, 0.15) is 11.5 Å². The molecule has 0 saturated heterocycles. The lowest BCUT2D eigenvalue weighted by Crippen LogP contribution is -2.27. The van der Waals surface area contributed by atoms with E-state index in [9.17, 15) is 13.2 Å². The molecule has 28 heavy (non-hydrogen) atoms. The molecule has 1 fully saturated rings. The van der Waals surface area contributed by atoms with Gasteiger partial charge in [0.15, 0.2) is 0 Å². The van der Waals surface area contributed by atoms with E-state index in [1.54, 1.807) is 19.2 Å². The fourth-order valence-electron chi connectivity index (χ4n) is 3.75. The van der Waals surface area contributed by atoms with Crippen LogP contribution in [0.3, 0.4) is 0 Å². The molecule has 2 aromatic carbocycles. The van der Waals surface area contributed by atoms with Crippen LogP contribution in [0.15, 0.2) is 53.5 Å². The molecular weight excluding hydrogens is 387 g/mol. The minimum Gasteiger partial charge on any atom is -0.497 e. The fourth-order valence-corrected chi connectivity index (χ4v) is 3.87. The monoisotopic (exact) mass is 409 g/mol. The molecule has 0 amide bonds. The highest BCUT2D eigenvalue weighted by molar-refractivity contribution is 6.30. The van der Waals surface area contributed by atoms with Crippen LogP contribution in [0.25, 0.3) is 0 Å². The molecule has 150 valence electrons. The third-order valence-electron chi connectivity index (χ3n) is 5.33. The summed E-state index contributed by atoms with van der Waals surface area (Å²) >= 11 is 5.80. The van der Waals surface area contributed by atoms with Crippen molar-refractivity contribution in [2.45, 2.75) is 44.2 Å². The quantitative estimate of drug-likeness (QED) is 0.473. The van der Waals surface area contributed by atoms with Crippen LogP contribution in [-0.2, 0) is 0 Å². The third kappa shape index (κ3) is 5.51. The van der Waals surface area contributed by atoms with Crippen molar-refractivity contribution >= 4 is 23.0 Å². The average Bonchev–Trinajstić information content (AvgIpc) is 2.69. The maximum Gasteiger partial charge on any atom is 0.429 e. The Morgan fingerprint density at radius 2 is 1.61 bits per heavy atom. The van der Waals surface area contributed by atoms with Gasteiger partial charge in [0.05, 0.1) is 12.8 Å². The second-order valence-corrected chi connectivity index (χ2v) is 7.66. The van der Waals surface area contributed by atoms with Crippen LogP contribution >= 0.6 is 11.6 Å². The van der Waals surface area contributed by atoms with Crippen molar-refractivity contribution in [2.24, 2.45) is 10.9 Å². The Hall–Kier alpha value is -2.01. The van der Waals surface area contributed by atoms with Gasteiger partial charge in [-0.3, -0.25) is 0 Å². The van der Waals surface area contributed by atoms with Gasteiger partial charge in [-0.2, -0.15) is 13.2 Å². The number of benzene rings is 2. The number of halogens is 4. The highest BCUT2D eigenvalue weighted by Crippen LogP contribution is 2.39. The standard InChI is InChI=1S/C22H23ClF3NO/c1-28-20-12-6-17(7-13-20)16-4-2-15(3-5-16)14-21(22(24,25)26)27-19-10-8-18(23)9-11-19/h6-13,15-16H,2-5,14H2,1H3/b27-21-. The van der Waals surface area contributed by atoms with Gasteiger partial charge in [0, 0.05) is 5.02 Å². The molecule has 6 heteroatoms. The van der Waals surface area contributed by atoms with Crippen LogP contribution in [-0.4, -0.2) is 19.0 Å². The number of methoxy groups -OCH3 is 1. The Balaban J connectivity index is 1.64. The summed E-state index contributed by atoms with van der Waals surface area (Å²) in [6, 6.07) is 14.1. The normalized spacial score (nSPS) is 20.8. The zero-order valence-corrected chi connectivity index (χ0v) is 16.4. The molecule has 0 aliphatic heterocycles. The van der Waals surface area contributed by atoms with Crippen LogP contribution in [0, 0.1) is 5.92 Å². The molecule has 0 radical (unpaired) electrons. The first-order chi connectivity index (χ1) is 13.3. The highest BCUT2D eigenvalue weighted by atomic mass is 35.5. The number of hydrogen-bond donors (Lipinski definition) is 0. The Labute approximate surface area is 168 Å². The van der Waals surface area contributed by atoms with Crippen LogP contribution < -0.4 is 4.74 Å². The predicted molar refractivity (Wildman–Crippen MR) is 107 cm³/mol. The summed E-state index contributed by atoms with van der Waals surface area (Å²) in [5.41, 5.74) is 0.802. The number of ether oxygens (including phenoxy) is 1. The number of alkyl halides is 3. The van der Waals surface area contributed by atoms with Gasteiger partial charge >= 0.3 is 6.18 Å². The summed E-state index contributed by atoms with van der Waals surface area (Å²) in [5.74, 6) is 1.21. The molecule has 1 aliphatic rings. The largest absolute Gasteiger partial charge is 0.497 e. The van der Waals surface area contributed by atoms with Gasteiger partial charge in [-0.1, -0.05) is 23.7 Å². The lowest BCUT2D eigenvalue weighted by atomic mass is 9.77. The van der Waals surface area contributed by atoms with Gasteiger partial charge < -0.3 is 4.74 Å². The summed E-state index contributed by atoms with van der Waals surface area (Å²) < 4.78 is 45.6. The Morgan fingerprint density at radius 1 is 1.00 bits per heavy atom. The van der Waals surface area contributed by atoms with Crippen LogP contribution in [0.1, 0.15) is 43.6 Å². The Bertz CT molecular complexity index is 792. The predicted octanol–water partition coefficient (Wildman–Crippen LogP) is 7.35. The van der Waals surface area contributed by atoms with E-state index in [4.69, 9.17) is 16.3 Å². The van der Waals surface area contributed by atoms with Gasteiger partial charge in [0.25, 0.3) is 0 Å². The van der Waals surface area contributed by atoms with Crippen molar-refractivity contribution in [1.82, 2.24) is 0 Å². The summed E-state index contributed by atoms with van der Waals surface area (Å²) in [6.45, 7) is 0. The van der Waals surface area contributed by atoms with Gasteiger partial charge in [-0.05, 0) is 85.9 Å². The molecule has 0 bridgehead atoms. The first-order valence-corrected chi connectivity index (χ1v) is 9.77. The molecule has 1 aliphatic carbocycles. The Kier molecular flexibility index (Phi) is 6.65. The van der Waals surface area contributed by atoms with Crippen LogP contribution in [0.5, 0.6) is 5.75 Å². The first-order valence-electron chi connectivity index (χ1n) is 9.39. The fraction of sp³-hybridized carbons (Fsp3) is 0.409. The van der Waals surface area contributed by atoms with Crippen molar-refractivity contribution in [3.05, 3.63) is 59.1 Å². The molecule has 2 aromatic rings. The zero-order chi connectivity index (χ0) is 20.1. The van der Waals surface area contributed by atoms with Gasteiger partial charge in [-0.25, -0.2) is 4.99 Å². The van der Waals surface area contributed by atoms with E-state index in [2.05, 4.69) is 4.99 Å². The molecule has 2 nitrogen and oxygen atoms in total. The maximum atomic E-state index is 13.5. The zero-order valence-electron chi connectivity index (χ0n) is 15.7. The average molecular weight is 410 g/mol. The molecule has 0 atom stereocenters. The van der Waals surface area contributed by atoms with Crippen molar-refractivity contribution in [3.8, 4) is 5.75 Å². The van der Waals surface area contributed by atoms with E-state index >= 15 is 0 Å². The second-order valence-electron chi connectivity index (χ2n) is 7.23. The lowest BCUT2D eigenvalue weighted by Gasteiger charge is -2.29. The lowest BCUT2D eigenvalue weighted by molar-refractivity contribution is -0.0613. The molecule has 0 heterocycles. The van der Waals surface area contributed by atoms with E-state index in [1.165, 1.54) is 17.7 Å². The van der Waals surface area contributed by atoms with Crippen LogP contribution in [0.4, 0.5) is 18.9 Å². The molecule has 0 spiro atoms. The Morgan fingerprint density at radius 3 is 2.14 bits per heavy atom. The molecular formula is C22H23ClF3NO. The summed E-state index contributed by atoms with van der Waals surface area (Å²) in [6.07, 6.45) is -1.14. The smallest absolute Gasteiger partial charge is 0.429 e. The van der Waals surface area contributed by atoms with Crippen LogP contribution in [0.2, 0.25) is 5.02 Å². The first kappa shape index (κ1) is 20.7. The van der Waals surface area contributed by atoms with E-state index in [1.807, 2.05) is 24.3 Å². The highest BCUT2D eigenvalue weighted by Gasteiger charge is 2.37. The molecule has 1 saturated carbocycles. The molecule has 3 rings (SSSR count). The topological polar surface area (TPSA) is 21.6 Å². The van der Waals surface area contributed by atoms with Crippen molar-refractivity contribution < 1.29 is 17.9 Å². The van der Waals surface area contributed by atoms with Gasteiger partial charge in [-0.15, -0.1) is 0 Å². The minimum atomic E-state index is -4.42. The minimum absolute atomic E-state index is 0.00201. The summed E-state index contributed by atoms with van der Waals surface area (Å²) in [5, 5.41) is 0.476. The van der Waals surface area contributed by atoms with Gasteiger partial charge in [0.2, 0.25) is 0 Å². The van der Waals surface area contributed by atoms with Crippen molar-refractivity contribution in [1.29, 1.82) is 0 Å². The van der Waals surface area contributed by atoms with E-state index in [0.29, 0.717) is 10.9 Å². The second kappa shape index (κ2) is 8.99. The van der Waals surface area contributed by atoms with E-state index < -0.39 is 11.9 Å². The number of aliphatic imine (C=N–C) groups is 1. The SMILES string of the molecule is COc1ccc(C2CCC(C/C(=N/c3ccc(Cl)cc3)C(F)(F)F)CC2)cc1. The van der Waals surface area contributed by atoms with E-state index in [0.717, 1.165) is 31.4 Å². The van der Waals surface area contributed by atoms with Crippen molar-refractivity contribution in [3.63, 3.8) is 0 Å². The third-order valence-corrected chi connectivity index (χ3v) is 5.59. The number of nitrogens with zero attached hydrogens (tertiary/aromatic N) is 1. The maximum absolute atomic E-state index is 13.5. The van der Waals surface area contributed by atoms with E-state index in [-0.39, 0.29) is 18.0 Å². The number of rotatable bonds is 5. The molecule has 0 aromatic heterocycles. The summed E-state index contributed by atoms with van der Waals surface area (Å²) in [7, 11) is 1.63. The summed E-state index contributed by atoms with van der Waals surface area (Å²) in [4.78, 5) is 3.88. The van der Waals surface area contributed by atoms with Crippen molar-refractivity contribution in [2.75, 3.05) is 7.11 Å². The molecule has 0 unspecified atom stereocenters. The number of hydrogen-bond acceptors (Lipinski definition) is 2. The molecule has 0 N–H and O–H groups in total.